The van der Waals surface area contributed by atoms with Gasteiger partial charge in [-0.25, -0.2) is 0 Å². The molecule has 0 aliphatic carbocycles. The van der Waals surface area contributed by atoms with Crippen LogP contribution in [0.4, 0.5) is 0 Å². The Hall–Kier alpha value is -1.26. The molecule has 2 fully saturated rings. The van der Waals surface area contributed by atoms with Gasteiger partial charge in [0.05, 0.1) is 0 Å². The molecule has 1 aromatic rings. The summed E-state index contributed by atoms with van der Waals surface area (Å²) in [4.78, 5) is 2.61. The Morgan fingerprint density at radius 1 is 1.10 bits per heavy atom. The maximum absolute atomic E-state index is 5.70. The van der Waals surface area contributed by atoms with Crippen molar-refractivity contribution in [1.82, 2.24) is 10.2 Å². The van der Waals surface area contributed by atoms with Gasteiger partial charge in [-0.05, 0) is 49.5 Å². The van der Waals surface area contributed by atoms with Crippen LogP contribution < -0.4 is 14.8 Å². The highest BCUT2D eigenvalue weighted by molar-refractivity contribution is 5.44. The van der Waals surface area contributed by atoms with Crippen LogP contribution in [0.1, 0.15) is 18.5 Å². The molecular weight excluding hydrogens is 252 g/mol. The number of nitrogens with zero attached hydrogens (tertiary/aromatic N) is 1. The summed E-state index contributed by atoms with van der Waals surface area (Å²) in [5.74, 6) is 3.47. The van der Waals surface area contributed by atoms with Gasteiger partial charge < -0.3 is 14.8 Å². The molecule has 0 spiro atoms. The fraction of sp³-hybridized carbons (Fsp3) is 0.625. The lowest BCUT2D eigenvalue weighted by atomic mass is 10.0. The van der Waals surface area contributed by atoms with Gasteiger partial charge in [0.25, 0.3) is 0 Å². The predicted molar refractivity (Wildman–Crippen MR) is 77.3 cm³/mol. The predicted octanol–water partition coefficient (Wildman–Crippen LogP) is 1.67. The minimum Gasteiger partial charge on any atom is -0.486 e. The average Bonchev–Trinajstić information content (AvgIpc) is 3.07. The highest BCUT2D eigenvalue weighted by Crippen LogP contribution is 2.37. The Labute approximate surface area is 120 Å². The van der Waals surface area contributed by atoms with Crippen LogP contribution in [0.2, 0.25) is 0 Å². The van der Waals surface area contributed by atoms with E-state index in [9.17, 15) is 0 Å². The van der Waals surface area contributed by atoms with Gasteiger partial charge >= 0.3 is 0 Å². The molecule has 3 aliphatic heterocycles. The largest absolute Gasteiger partial charge is 0.486 e. The minimum atomic E-state index is 0.455. The molecule has 0 radical (unpaired) electrons. The molecular formula is C16H22N2O2. The van der Waals surface area contributed by atoms with E-state index in [0.29, 0.717) is 19.3 Å². The smallest absolute Gasteiger partial charge is 0.161 e. The minimum absolute atomic E-state index is 0.455. The molecule has 0 bridgehead atoms. The number of hydrogen-bond donors (Lipinski definition) is 1. The third-order valence-corrected chi connectivity index (χ3v) is 5.01. The number of ether oxygens (including phenoxy) is 2. The van der Waals surface area contributed by atoms with E-state index in [4.69, 9.17) is 9.47 Å². The van der Waals surface area contributed by atoms with Crippen LogP contribution in [0, 0.1) is 11.8 Å². The number of fused-ring (bicyclic) bond motifs is 2. The molecule has 3 unspecified atom stereocenters. The molecule has 20 heavy (non-hydrogen) atoms. The van der Waals surface area contributed by atoms with Crippen molar-refractivity contribution in [2.45, 2.75) is 13.0 Å². The fourth-order valence-corrected chi connectivity index (χ4v) is 3.74. The van der Waals surface area contributed by atoms with Crippen molar-refractivity contribution in [2.75, 3.05) is 39.4 Å². The van der Waals surface area contributed by atoms with Crippen LogP contribution in [-0.2, 0) is 0 Å². The molecule has 3 atom stereocenters. The first kappa shape index (κ1) is 12.5. The van der Waals surface area contributed by atoms with Crippen LogP contribution in [0.5, 0.6) is 11.5 Å². The van der Waals surface area contributed by atoms with Gasteiger partial charge in [0, 0.05) is 19.1 Å². The lowest BCUT2D eigenvalue weighted by Gasteiger charge is -2.27. The third-order valence-electron chi connectivity index (χ3n) is 5.01. The molecule has 0 saturated carbocycles. The molecule has 108 valence electrons. The number of hydrogen-bond acceptors (Lipinski definition) is 4. The van der Waals surface area contributed by atoms with Crippen LogP contribution in [0.15, 0.2) is 18.2 Å². The Bertz CT molecular complexity index is 493. The second-order valence-corrected chi connectivity index (χ2v) is 6.21. The first-order valence-corrected chi connectivity index (χ1v) is 7.65. The molecule has 3 heterocycles. The third kappa shape index (κ3) is 2.07. The van der Waals surface area contributed by atoms with Crippen molar-refractivity contribution in [2.24, 2.45) is 11.8 Å². The van der Waals surface area contributed by atoms with E-state index < -0.39 is 0 Å². The summed E-state index contributed by atoms with van der Waals surface area (Å²) in [7, 11) is 0. The average molecular weight is 274 g/mol. The van der Waals surface area contributed by atoms with E-state index in [2.05, 4.69) is 35.3 Å². The summed E-state index contributed by atoms with van der Waals surface area (Å²) in [6.07, 6.45) is 0. The van der Waals surface area contributed by atoms with Crippen molar-refractivity contribution in [3.8, 4) is 11.5 Å². The lowest BCUT2D eigenvalue weighted by molar-refractivity contribution is 0.170. The number of nitrogens with one attached hydrogen (secondary N) is 1. The van der Waals surface area contributed by atoms with E-state index >= 15 is 0 Å². The van der Waals surface area contributed by atoms with Gasteiger partial charge in [-0.15, -0.1) is 0 Å². The Kier molecular flexibility index (Phi) is 3.08. The molecule has 4 rings (SSSR count). The molecule has 4 nitrogen and oxygen atoms in total. The summed E-state index contributed by atoms with van der Waals surface area (Å²) >= 11 is 0. The molecule has 3 aliphatic rings. The van der Waals surface area contributed by atoms with Crippen molar-refractivity contribution in [3.63, 3.8) is 0 Å². The van der Waals surface area contributed by atoms with E-state index in [1.54, 1.807) is 0 Å². The van der Waals surface area contributed by atoms with Gasteiger partial charge in [-0.1, -0.05) is 6.07 Å². The van der Waals surface area contributed by atoms with Crippen LogP contribution in [-0.4, -0.2) is 44.3 Å². The van der Waals surface area contributed by atoms with Crippen molar-refractivity contribution in [3.05, 3.63) is 23.8 Å². The number of benzene rings is 1. The number of likely N-dealkylation sites (tertiary alicyclic amines) is 1. The molecule has 0 aromatic heterocycles. The van der Waals surface area contributed by atoms with Gasteiger partial charge in [0.2, 0.25) is 0 Å². The zero-order valence-electron chi connectivity index (χ0n) is 12.0. The lowest BCUT2D eigenvalue weighted by Crippen LogP contribution is -2.28. The Morgan fingerprint density at radius 2 is 1.80 bits per heavy atom. The quantitative estimate of drug-likeness (QED) is 0.889. The summed E-state index contributed by atoms with van der Waals surface area (Å²) < 4.78 is 11.3. The van der Waals surface area contributed by atoms with Crippen molar-refractivity contribution in [1.29, 1.82) is 0 Å². The zero-order valence-corrected chi connectivity index (χ0v) is 12.0. The van der Waals surface area contributed by atoms with Crippen LogP contribution >= 0.6 is 0 Å². The summed E-state index contributed by atoms with van der Waals surface area (Å²) in [6.45, 7) is 8.43. The highest BCUT2D eigenvalue weighted by atomic mass is 16.6. The summed E-state index contributed by atoms with van der Waals surface area (Å²) in [5, 5.41) is 3.50. The second-order valence-electron chi connectivity index (χ2n) is 6.21. The summed E-state index contributed by atoms with van der Waals surface area (Å²) in [6, 6.07) is 6.85. The first-order chi connectivity index (χ1) is 9.81. The van der Waals surface area contributed by atoms with Gasteiger partial charge in [0.15, 0.2) is 11.5 Å². The monoisotopic (exact) mass is 274 g/mol. The maximum atomic E-state index is 5.70. The Balaban J connectivity index is 1.52. The maximum Gasteiger partial charge on any atom is 0.161 e. The van der Waals surface area contributed by atoms with Crippen molar-refractivity contribution < 1.29 is 9.47 Å². The Morgan fingerprint density at radius 3 is 2.55 bits per heavy atom. The zero-order chi connectivity index (χ0) is 13.5. The number of rotatable bonds is 2. The molecule has 0 amide bonds. The van der Waals surface area contributed by atoms with Gasteiger partial charge in [0.1, 0.15) is 13.2 Å². The molecule has 1 N–H and O–H groups in total. The topological polar surface area (TPSA) is 33.7 Å². The van der Waals surface area contributed by atoms with E-state index in [1.165, 1.54) is 31.7 Å². The van der Waals surface area contributed by atoms with E-state index in [1.807, 2.05) is 0 Å². The summed E-state index contributed by atoms with van der Waals surface area (Å²) in [5.41, 5.74) is 1.34. The van der Waals surface area contributed by atoms with Gasteiger partial charge in [-0.3, -0.25) is 4.90 Å². The SMILES string of the molecule is CC(c1ccc2c(c1)OCCO2)N1CC2CNCC2C1. The second kappa shape index (κ2) is 4.93. The molecule has 1 aromatic carbocycles. The standard InChI is InChI=1S/C16H22N2O2/c1-11(18-9-13-7-17-8-14(13)10-18)12-2-3-15-16(6-12)20-5-4-19-15/h2-3,6,11,13-14,17H,4-5,7-10H2,1H3. The first-order valence-electron chi connectivity index (χ1n) is 7.65. The van der Waals surface area contributed by atoms with Gasteiger partial charge in [-0.2, -0.15) is 0 Å². The normalized spacial score (nSPS) is 30.2. The van der Waals surface area contributed by atoms with E-state index in [-0.39, 0.29) is 0 Å². The molecule has 4 heteroatoms. The van der Waals surface area contributed by atoms with Crippen LogP contribution in [0.3, 0.4) is 0 Å². The highest BCUT2D eigenvalue weighted by Gasteiger charge is 2.38. The fourth-order valence-electron chi connectivity index (χ4n) is 3.74. The molecule has 2 saturated heterocycles. The van der Waals surface area contributed by atoms with E-state index in [0.717, 1.165) is 23.3 Å². The van der Waals surface area contributed by atoms with Crippen LogP contribution in [0.25, 0.3) is 0 Å². The van der Waals surface area contributed by atoms with Crippen molar-refractivity contribution >= 4 is 0 Å².